The number of hydrogen-bond donors (Lipinski definition) is 2. The summed E-state index contributed by atoms with van der Waals surface area (Å²) in [5.41, 5.74) is -0.512. The van der Waals surface area contributed by atoms with Crippen LogP contribution in [0.2, 0.25) is 0 Å². The van der Waals surface area contributed by atoms with Crippen LogP contribution in [0.25, 0.3) is 0 Å². The number of hydrogen-bond acceptors (Lipinski definition) is 10. The smallest absolute Gasteiger partial charge is 0.394 e. The molecule has 13 heteroatoms. The lowest BCUT2D eigenvalue weighted by molar-refractivity contribution is -0.117. The highest BCUT2D eigenvalue weighted by molar-refractivity contribution is 8.13. The van der Waals surface area contributed by atoms with Crippen molar-refractivity contribution >= 4 is 40.4 Å². The van der Waals surface area contributed by atoms with E-state index in [9.17, 15) is 19.6 Å². The molecule has 0 amide bonds. The van der Waals surface area contributed by atoms with Gasteiger partial charge in [0.25, 0.3) is 0 Å². The fraction of sp³-hybridized carbons (Fsp3) is 0.941. The van der Waals surface area contributed by atoms with E-state index >= 15 is 0 Å². The predicted octanol–water partition coefficient (Wildman–Crippen LogP) is 0.739. The zero-order chi connectivity index (χ0) is 22.5. The first-order valence-electron chi connectivity index (χ1n) is 9.79. The zero-order valence-corrected chi connectivity index (χ0v) is 19.2. The van der Waals surface area contributed by atoms with Crippen LogP contribution in [0, 0.1) is 5.41 Å². The van der Waals surface area contributed by atoms with E-state index in [4.69, 9.17) is 38.7 Å². The molecule has 2 heterocycles. The molecule has 0 saturated carbocycles. The van der Waals surface area contributed by atoms with Crippen LogP contribution in [0.3, 0.4) is 0 Å². The second kappa shape index (κ2) is 11.3. The van der Waals surface area contributed by atoms with Crippen LogP contribution in [0.15, 0.2) is 0 Å². The molecule has 168 valence electrons. The summed E-state index contributed by atoms with van der Waals surface area (Å²) in [6, 6.07) is -1.33. The maximum Gasteiger partial charge on any atom is 0.475 e. The fourth-order valence-electron chi connectivity index (χ4n) is 2.86. The Labute approximate surface area is 184 Å². The normalized spacial score (nSPS) is 34.2. The van der Waals surface area contributed by atoms with Gasteiger partial charge in [-0.3, -0.25) is 18.4 Å². The van der Waals surface area contributed by atoms with Crippen LogP contribution in [0.4, 0.5) is 0 Å². The van der Waals surface area contributed by atoms with E-state index in [-0.39, 0.29) is 43.5 Å². The lowest BCUT2D eigenvalue weighted by atomic mass is 9.96. The van der Waals surface area contributed by atoms with Gasteiger partial charge in [-0.05, 0) is 12.8 Å². The molecule has 2 rings (SSSR count). The average molecular weight is 462 g/mol. The van der Waals surface area contributed by atoms with Crippen molar-refractivity contribution in [1.29, 1.82) is 0 Å². The Bertz CT molecular complexity index is 621. The van der Waals surface area contributed by atoms with Gasteiger partial charge in [0.1, 0.15) is 27.9 Å². The molecule has 7 atom stereocenters. The molecular weight excluding hydrogens is 433 g/mol. The van der Waals surface area contributed by atoms with Crippen molar-refractivity contribution in [1.82, 2.24) is 0 Å². The first-order chi connectivity index (χ1) is 13.9. The second-order valence-corrected chi connectivity index (χ2v) is 10.9. The summed E-state index contributed by atoms with van der Waals surface area (Å²) in [6.07, 6.45) is -2.83. The molecule has 30 heavy (non-hydrogen) atoms. The first kappa shape index (κ1) is 26.4. The van der Waals surface area contributed by atoms with Gasteiger partial charge in [0.2, 0.25) is 0 Å². The minimum atomic E-state index is -4.15. The van der Waals surface area contributed by atoms with Crippen molar-refractivity contribution in [2.45, 2.75) is 70.0 Å². The third-order valence-corrected chi connectivity index (χ3v) is 7.24. The number of phosphoric ester groups is 1. The van der Waals surface area contributed by atoms with E-state index < -0.39 is 49.7 Å². The van der Waals surface area contributed by atoms with E-state index in [0.717, 1.165) is 11.8 Å². The van der Waals surface area contributed by atoms with Crippen LogP contribution in [0.1, 0.15) is 33.6 Å². The third-order valence-electron chi connectivity index (χ3n) is 4.50. The number of thioether (sulfide) groups is 1. The van der Waals surface area contributed by atoms with Crippen molar-refractivity contribution in [2.24, 2.45) is 5.41 Å². The van der Waals surface area contributed by atoms with Crippen molar-refractivity contribution in [3.05, 3.63) is 0 Å². The summed E-state index contributed by atoms with van der Waals surface area (Å²) in [4.78, 5) is 12.0. The van der Waals surface area contributed by atoms with Gasteiger partial charge in [-0.25, -0.2) is 4.57 Å². The van der Waals surface area contributed by atoms with Gasteiger partial charge < -0.3 is 19.7 Å². The molecule has 2 aliphatic rings. The number of aliphatic hydroxyl groups excluding tert-OH is 2. The second-order valence-electron chi connectivity index (χ2n) is 8.25. The largest absolute Gasteiger partial charge is 0.475 e. The van der Waals surface area contributed by atoms with Gasteiger partial charge in [0.15, 0.2) is 5.12 Å². The summed E-state index contributed by atoms with van der Waals surface area (Å²) in [6.45, 7) is 4.67. The van der Waals surface area contributed by atoms with E-state index in [2.05, 4.69) is 0 Å². The topological polar surface area (TPSA) is 121 Å². The highest BCUT2D eigenvalue weighted by atomic mass is 32.2. The summed E-state index contributed by atoms with van der Waals surface area (Å²) in [7, 11) is 7.21. The van der Waals surface area contributed by atoms with Crippen LogP contribution in [0.5, 0.6) is 0 Å². The predicted molar refractivity (Wildman–Crippen MR) is 112 cm³/mol. The van der Waals surface area contributed by atoms with Gasteiger partial charge in [-0.1, -0.05) is 32.5 Å². The monoisotopic (exact) mass is 462 g/mol. The van der Waals surface area contributed by atoms with Crippen molar-refractivity contribution in [3.8, 4) is 0 Å². The van der Waals surface area contributed by atoms with E-state index in [1.54, 1.807) is 20.8 Å². The van der Waals surface area contributed by atoms with Crippen molar-refractivity contribution < 1.29 is 42.6 Å². The Morgan fingerprint density at radius 3 is 2.37 bits per heavy atom. The Hall–Kier alpha value is 0.0999. The minimum Gasteiger partial charge on any atom is -0.394 e. The Morgan fingerprint density at radius 1 is 1.17 bits per heavy atom. The van der Waals surface area contributed by atoms with Crippen molar-refractivity contribution in [3.63, 3.8) is 0 Å². The summed E-state index contributed by atoms with van der Waals surface area (Å²) >= 11 is 1.05. The number of aliphatic hydroxyl groups is 2. The molecule has 2 saturated heterocycles. The molecular formula is C17H29B2O9PS. The maximum absolute atomic E-state index is 13.2. The molecule has 0 aliphatic carbocycles. The molecule has 9 nitrogen and oxygen atoms in total. The molecule has 0 aromatic rings. The van der Waals surface area contributed by atoms with E-state index in [1.807, 2.05) is 0 Å². The van der Waals surface area contributed by atoms with Gasteiger partial charge in [-0.2, -0.15) is 0 Å². The molecule has 2 aliphatic heterocycles. The van der Waals surface area contributed by atoms with Crippen LogP contribution in [-0.4, -0.2) is 93.0 Å². The highest BCUT2D eigenvalue weighted by Crippen LogP contribution is 2.52. The lowest BCUT2D eigenvalue weighted by Crippen LogP contribution is -2.30. The number of carbonyl (C=O) groups excluding carboxylic acids is 1. The maximum atomic E-state index is 13.2. The first-order valence-corrected chi connectivity index (χ1v) is 12.2. The van der Waals surface area contributed by atoms with Crippen LogP contribution >= 0.6 is 19.6 Å². The van der Waals surface area contributed by atoms with Crippen LogP contribution in [-0.2, 0) is 32.4 Å². The minimum absolute atomic E-state index is 0.0326. The molecule has 2 N–H and O–H groups in total. The van der Waals surface area contributed by atoms with Gasteiger partial charge in [0, 0.05) is 23.2 Å². The van der Waals surface area contributed by atoms with Crippen molar-refractivity contribution in [2.75, 3.05) is 25.6 Å². The van der Waals surface area contributed by atoms with E-state index in [0.29, 0.717) is 0 Å². The summed E-state index contributed by atoms with van der Waals surface area (Å²) in [5.74, 6) is 0.240. The number of phosphoric acid groups is 1. The molecule has 0 spiro atoms. The Balaban J connectivity index is 1.96. The highest BCUT2D eigenvalue weighted by Gasteiger charge is 2.42. The third kappa shape index (κ3) is 7.90. The molecule has 0 aromatic heterocycles. The Morgan fingerprint density at radius 2 is 1.80 bits per heavy atom. The fourth-order valence-corrected chi connectivity index (χ4v) is 5.16. The molecule has 2 unspecified atom stereocenters. The Kier molecular flexibility index (Phi) is 9.92. The number of carbonyl (C=O) groups is 1. The molecule has 0 aromatic carbocycles. The molecule has 2 fully saturated rings. The van der Waals surface area contributed by atoms with Gasteiger partial charge in [0.05, 0.1) is 32.0 Å². The molecule has 4 radical (unpaired) electrons. The van der Waals surface area contributed by atoms with Gasteiger partial charge in [-0.15, -0.1) is 0 Å². The van der Waals surface area contributed by atoms with Gasteiger partial charge >= 0.3 is 7.82 Å². The summed E-state index contributed by atoms with van der Waals surface area (Å²) in [5, 5.41) is 19.3. The zero-order valence-electron chi connectivity index (χ0n) is 17.5. The van der Waals surface area contributed by atoms with Crippen LogP contribution < -0.4 is 0 Å². The molecule has 0 bridgehead atoms. The standard InChI is InChI=1S/C17H29B2O9PS/c1-17(2,3)16(22)30-5-4-24-29(23,25-9-13-10(21)6-14(18)27-13)28-11-7-15(19)26-12(11)8-20/h10-15,20-21H,4-9H2,1-3H3/t10?,11?,12-,13-,14-,15-,29+/m1/s1. The number of rotatable bonds is 10. The lowest BCUT2D eigenvalue weighted by Gasteiger charge is -2.25. The quantitative estimate of drug-likeness (QED) is 0.273. The van der Waals surface area contributed by atoms with E-state index in [1.165, 1.54) is 0 Å². The SMILES string of the molecule is [B][C@H]1CC(O)[C@@H](CO[P@](=O)(OCCSC(=O)C(C)(C)C)OC2C[C@H]([B])O[C@@H]2CO)O1. The number of ether oxygens (including phenoxy) is 2. The summed E-state index contributed by atoms with van der Waals surface area (Å²) < 4.78 is 40.2. The average Bonchev–Trinajstić information content (AvgIpc) is 3.16.